The van der Waals surface area contributed by atoms with Crippen molar-refractivity contribution in [1.29, 1.82) is 0 Å². The topological polar surface area (TPSA) is 68.3 Å². The number of pyridine rings is 1. The summed E-state index contributed by atoms with van der Waals surface area (Å²) in [5.41, 5.74) is 3.84. The molecule has 1 atom stereocenters. The molecule has 1 aromatic heterocycles. The van der Waals surface area contributed by atoms with E-state index < -0.39 is 5.92 Å². The third-order valence-corrected chi connectivity index (χ3v) is 6.32. The van der Waals surface area contributed by atoms with Crippen LogP contribution in [0.5, 0.6) is 0 Å². The van der Waals surface area contributed by atoms with Gasteiger partial charge in [0.2, 0.25) is 0 Å². The van der Waals surface area contributed by atoms with Crippen molar-refractivity contribution in [1.82, 2.24) is 10.3 Å². The highest BCUT2D eigenvalue weighted by Crippen LogP contribution is 2.46. The highest BCUT2D eigenvalue weighted by Gasteiger charge is 2.43. The van der Waals surface area contributed by atoms with Crippen molar-refractivity contribution in [2.45, 2.75) is 77.7 Å². The molecule has 5 nitrogen and oxygen atoms in total. The lowest BCUT2D eigenvalue weighted by Crippen LogP contribution is -2.39. The predicted molar refractivity (Wildman–Crippen MR) is 111 cm³/mol. The zero-order valence-electron chi connectivity index (χ0n) is 17.6. The van der Waals surface area contributed by atoms with Crippen molar-refractivity contribution in [2.24, 2.45) is 5.41 Å². The Morgan fingerprint density at radius 1 is 1.14 bits per heavy atom. The van der Waals surface area contributed by atoms with Crippen molar-refractivity contribution >= 4 is 11.8 Å². The van der Waals surface area contributed by atoms with Crippen molar-refractivity contribution in [2.75, 3.05) is 0 Å². The Kier molecular flexibility index (Phi) is 5.32. The van der Waals surface area contributed by atoms with Gasteiger partial charge in [0.1, 0.15) is 6.10 Å². The Bertz CT molecular complexity index is 877. The minimum atomic E-state index is -0.394. The number of Topliss-reactive ketones (excluding diaryl/α,β-unsaturated/α-hetero) is 1. The van der Waals surface area contributed by atoms with Crippen LogP contribution in [0.3, 0.4) is 0 Å². The molecule has 1 aliphatic heterocycles. The van der Waals surface area contributed by atoms with Gasteiger partial charge in [-0.1, -0.05) is 20.3 Å². The third kappa shape index (κ3) is 4.00. The molecule has 1 saturated carbocycles. The van der Waals surface area contributed by atoms with E-state index in [2.05, 4.69) is 24.1 Å². The third-order valence-electron chi connectivity index (χ3n) is 6.32. The average Bonchev–Trinajstić information content (AvgIpc) is 2.67. The summed E-state index contributed by atoms with van der Waals surface area (Å²) >= 11 is 0. The lowest BCUT2D eigenvalue weighted by molar-refractivity contribution is -0.146. The number of hydrogen-bond acceptors (Lipinski definition) is 5. The minimum Gasteiger partial charge on any atom is -0.459 e. The maximum Gasteiger partial charge on any atom is 0.337 e. The minimum absolute atomic E-state index is 0.0222. The lowest BCUT2D eigenvalue weighted by Gasteiger charge is -2.39. The summed E-state index contributed by atoms with van der Waals surface area (Å²) in [6.07, 6.45) is 9.94. The summed E-state index contributed by atoms with van der Waals surface area (Å²) in [6.45, 7) is 6.15. The molecular weight excluding hydrogens is 364 g/mol. The second kappa shape index (κ2) is 7.77. The van der Waals surface area contributed by atoms with Gasteiger partial charge in [-0.15, -0.1) is 0 Å². The largest absolute Gasteiger partial charge is 0.459 e. The number of carbonyl (C=O) groups is 2. The molecule has 2 heterocycles. The van der Waals surface area contributed by atoms with Gasteiger partial charge in [0.15, 0.2) is 5.78 Å². The van der Waals surface area contributed by atoms with Gasteiger partial charge in [-0.05, 0) is 62.1 Å². The number of nitrogens with one attached hydrogen (secondary N) is 1. The van der Waals surface area contributed by atoms with Gasteiger partial charge in [-0.25, -0.2) is 4.79 Å². The standard InChI is InChI=1S/C24H30N2O3/c1-15-20(23(28)29-17-7-5-4-6-8-17)21(16-9-11-25-12-10-16)22-18(26-15)13-24(2,3)14-19(22)27/h9-12,17,21,26H,4-8,13-14H2,1-3H3. The quantitative estimate of drug-likeness (QED) is 0.761. The first-order valence-corrected chi connectivity index (χ1v) is 10.7. The molecule has 0 bridgehead atoms. The van der Waals surface area contributed by atoms with Crippen molar-refractivity contribution in [3.8, 4) is 0 Å². The van der Waals surface area contributed by atoms with E-state index >= 15 is 0 Å². The number of rotatable bonds is 3. The van der Waals surface area contributed by atoms with Gasteiger partial charge >= 0.3 is 5.97 Å². The molecule has 1 N–H and O–H groups in total. The number of allylic oxidation sites excluding steroid dienone is 3. The molecule has 29 heavy (non-hydrogen) atoms. The molecule has 0 radical (unpaired) electrons. The van der Waals surface area contributed by atoms with Crippen LogP contribution in [0, 0.1) is 5.41 Å². The van der Waals surface area contributed by atoms with Crippen LogP contribution >= 0.6 is 0 Å². The van der Waals surface area contributed by atoms with Crippen LogP contribution < -0.4 is 5.32 Å². The van der Waals surface area contributed by atoms with E-state index in [9.17, 15) is 9.59 Å². The highest BCUT2D eigenvalue weighted by molar-refractivity contribution is 6.04. The Balaban J connectivity index is 1.73. The molecule has 0 amide bonds. The smallest absolute Gasteiger partial charge is 0.337 e. The highest BCUT2D eigenvalue weighted by atomic mass is 16.5. The van der Waals surface area contributed by atoms with Crippen LogP contribution in [-0.4, -0.2) is 22.8 Å². The van der Waals surface area contributed by atoms with E-state index in [1.807, 2.05) is 19.1 Å². The zero-order valence-corrected chi connectivity index (χ0v) is 17.6. The van der Waals surface area contributed by atoms with Crippen molar-refractivity contribution in [3.63, 3.8) is 0 Å². The molecule has 5 heteroatoms. The maximum atomic E-state index is 13.3. The second-order valence-electron chi connectivity index (χ2n) is 9.38. The number of dihydropyridines is 1. The Hall–Kier alpha value is -2.43. The van der Waals surface area contributed by atoms with Crippen LogP contribution in [0.25, 0.3) is 0 Å². The molecule has 0 aromatic carbocycles. The summed E-state index contributed by atoms with van der Waals surface area (Å²) in [6, 6.07) is 3.80. The fraction of sp³-hybridized carbons (Fsp3) is 0.542. The van der Waals surface area contributed by atoms with E-state index in [1.165, 1.54) is 6.42 Å². The predicted octanol–water partition coefficient (Wildman–Crippen LogP) is 4.56. The van der Waals surface area contributed by atoms with Crippen LogP contribution in [-0.2, 0) is 14.3 Å². The molecule has 1 unspecified atom stereocenters. The van der Waals surface area contributed by atoms with E-state index in [1.54, 1.807) is 12.4 Å². The second-order valence-corrected chi connectivity index (χ2v) is 9.38. The fourth-order valence-electron chi connectivity index (χ4n) is 4.99. The molecule has 3 aliphatic rings. The molecule has 1 fully saturated rings. The average molecular weight is 395 g/mol. The first kappa shape index (κ1) is 19.9. The number of nitrogens with zero attached hydrogens (tertiary/aromatic N) is 1. The van der Waals surface area contributed by atoms with Gasteiger partial charge in [-0.3, -0.25) is 9.78 Å². The SMILES string of the molecule is CC1=C(C(=O)OC2CCCCC2)C(c2ccncc2)C2=C(CC(C)(C)CC2=O)N1. The normalized spacial score (nSPS) is 24.8. The number of ether oxygens (including phenoxy) is 1. The van der Waals surface area contributed by atoms with Gasteiger partial charge in [0, 0.05) is 41.7 Å². The molecule has 4 rings (SSSR count). The van der Waals surface area contributed by atoms with E-state index in [0.29, 0.717) is 12.0 Å². The molecule has 0 saturated heterocycles. The summed E-state index contributed by atoms with van der Waals surface area (Å²) < 4.78 is 5.92. The molecule has 2 aliphatic carbocycles. The maximum absolute atomic E-state index is 13.3. The van der Waals surface area contributed by atoms with Crippen LogP contribution in [0.2, 0.25) is 0 Å². The van der Waals surface area contributed by atoms with Crippen LogP contribution in [0.1, 0.15) is 77.2 Å². The number of esters is 1. The number of ketones is 1. The van der Waals surface area contributed by atoms with E-state index in [0.717, 1.165) is 54.6 Å². The molecular formula is C24H30N2O3. The van der Waals surface area contributed by atoms with Gasteiger partial charge < -0.3 is 10.1 Å². The number of carbonyl (C=O) groups excluding carboxylic acids is 2. The molecule has 154 valence electrons. The van der Waals surface area contributed by atoms with Crippen molar-refractivity contribution in [3.05, 3.63) is 52.6 Å². The fourth-order valence-corrected chi connectivity index (χ4v) is 4.99. The van der Waals surface area contributed by atoms with Crippen LogP contribution in [0.15, 0.2) is 47.1 Å². The van der Waals surface area contributed by atoms with E-state index in [4.69, 9.17) is 4.74 Å². The van der Waals surface area contributed by atoms with Gasteiger partial charge in [-0.2, -0.15) is 0 Å². The van der Waals surface area contributed by atoms with Crippen molar-refractivity contribution < 1.29 is 14.3 Å². The van der Waals surface area contributed by atoms with Crippen LogP contribution in [0.4, 0.5) is 0 Å². The molecule has 0 spiro atoms. The molecule has 1 aromatic rings. The summed E-state index contributed by atoms with van der Waals surface area (Å²) in [4.78, 5) is 30.6. The van der Waals surface area contributed by atoms with Gasteiger partial charge in [0.05, 0.1) is 5.57 Å². The van der Waals surface area contributed by atoms with Gasteiger partial charge in [0.25, 0.3) is 0 Å². The zero-order chi connectivity index (χ0) is 20.6. The summed E-state index contributed by atoms with van der Waals surface area (Å²) in [5.74, 6) is -0.581. The summed E-state index contributed by atoms with van der Waals surface area (Å²) in [7, 11) is 0. The Morgan fingerprint density at radius 3 is 2.52 bits per heavy atom. The lowest BCUT2D eigenvalue weighted by atomic mass is 9.68. The monoisotopic (exact) mass is 394 g/mol. The first-order chi connectivity index (χ1) is 13.9. The summed E-state index contributed by atoms with van der Waals surface area (Å²) in [5, 5.41) is 3.39. The first-order valence-electron chi connectivity index (χ1n) is 10.7. The number of aromatic nitrogens is 1. The Labute approximate surface area is 172 Å². The number of hydrogen-bond donors (Lipinski definition) is 1. The van der Waals surface area contributed by atoms with E-state index in [-0.39, 0.29) is 23.3 Å². The Morgan fingerprint density at radius 2 is 1.83 bits per heavy atom.